The van der Waals surface area contributed by atoms with Gasteiger partial charge in [-0.15, -0.1) is 0 Å². The van der Waals surface area contributed by atoms with Crippen LogP contribution in [-0.2, 0) is 28.5 Å². The third-order valence-corrected chi connectivity index (χ3v) is 2.73. The summed E-state index contributed by atoms with van der Waals surface area (Å²) in [5.41, 5.74) is 5.04. The van der Waals surface area contributed by atoms with Gasteiger partial charge in [-0.3, -0.25) is 9.59 Å². The largest absolute Gasteiger partial charge is 0.370 e. The van der Waals surface area contributed by atoms with Crippen molar-refractivity contribution >= 4 is 11.8 Å². The van der Waals surface area contributed by atoms with Crippen LogP contribution in [0.2, 0.25) is 0 Å². The Balaban J connectivity index is 4.66. The molecule has 0 aromatic rings. The van der Waals surface area contributed by atoms with Crippen LogP contribution < -0.4 is 5.73 Å². The van der Waals surface area contributed by atoms with E-state index in [4.69, 9.17) is 24.7 Å². The molecular weight excluding hydrogens is 268 g/mol. The summed E-state index contributed by atoms with van der Waals surface area (Å²) in [5, 5.41) is 0. The van der Waals surface area contributed by atoms with E-state index in [9.17, 15) is 9.59 Å². The zero-order valence-corrected chi connectivity index (χ0v) is 12.5. The fraction of sp³-hybridized carbons (Fsp3) is 0.833. The lowest BCUT2D eigenvalue weighted by Gasteiger charge is -2.28. The number of ether oxygens (including phenoxy) is 4. The first-order valence-electron chi connectivity index (χ1n) is 6.15. The third kappa shape index (κ3) is 7.39. The van der Waals surface area contributed by atoms with Gasteiger partial charge < -0.3 is 29.6 Å². The molecule has 0 aromatic carbocycles. The number of hydrogen-bond donors (Lipinski definition) is 1. The minimum absolute atomic E-state index is 0.00933. The summed E-state index contributed by atoms with van der Waals surface area (Å²) in [5.74, 6) is -0.773. The standard InChI is InChI=1S/C12H24N2O6/c1-17-11(18-2)7-14(8-12(19-3)20-4)10(16)6-5-9(13)15/h11-12H,5-8H2,1-4H3,(H2,13,15). The fourth-order valence-corrected chi connectivity index (χ4v) is 1.52. The highest BCUT2D eigenvalue weighted by molar-refractivity contribution is 5.82. The smallest absolute Gasteiger partial charge is 0.223 e. The number of hydrogen-bond acceptors (Lipinski definition) is 6. The Kier molecular flexibility index (Phi) is 9.91. The Hall–Kier alpha value is -1.22. The molecule has 0 aliphatic carbocycles. The van der Waals surface area contributed by atoms with Crippen molar-refractivity contribution in [2.45, 2.75) is 25.4 Å². The number of carbonyl (C=O) groups is 2. The first-order chi connectivity index (χ1) is 9.48. The van der Waals surface area contributed by atoms with E-state index in [0.717, 1.165) is 0 Å². The lowest BCUT2D eigenvalue weighted by atomic mass is 10.2. The molecule has 8 nitrogen and oxygen atoms in total. The molecule has 0 spiro atoms. The van der Waals surface area contributed by atoms with Crippen molar-refractivity contribution in [3.05, 3.63) is 0 Å². The lowest BCUT2D eigenvalue weighted by molar-refractivity contribution is -0.162. The van der Waals surface area contributed by atoms with Gasteiger partial charge >= 0.3 is 0 Å². The topological polar surface area (TPSA) is 100 Å². The summed E-state index contributed by atoms with van der Waals surface area (Å²) < 4.78 is 20.3. The Bertz CT molecular complexity index is 278. The van der Waals surface area contributed by atoms with Gasteiger partial charge in [0.1, 0.15) is 0 Å². The zero-order chi connectivity index (χ0) is 15.5. The highest BCUT2D eigenvalue weighted by atomic mass is 16.7. The molecule has 118 valence electrons. The van der Waals surface area contributed by atoms with Crippen LogP contribution in [-0.4, -0.2) is 70.8 Å². The second-order valence-electron chi connectivity index (χ2n) is 4.07. The van der Waals surface area contributed by atoms with Crippen LogP contribution in [0.15, 0.2) is 0 Å². The van der Waals surface area contributed by atoms with Crippen molar-refractivity contribution in [1.82, 2.24) is 4.90 Å². The molecule has 0 rings (SSSR count). The molecule has 0 heterocycles. The van der Waals surface area contributed by atoms with Gasteiger partial charge in [0.25, 0.3) is 0 Å². The monoisotopic (exact) mass is 292 g/mol. The van der Waals surface area contributed by atoms with E-state index < -0.39 is 18.5 Å². The molecule has 0 atom stereocenters. The predicted molar refractivity (Wildman–Crippen MR) is 70.6 cm³/mol. The van der Waals surface area contributed by atoms with Crippen LogP contribution in [0.4, 0.5) is 0 Å². The molecule has 0 radical (unpaired) electrons. The summed E-state index contributed by atoms with van der Waals surface area (Å²) in [6.45, 7) is 0.404. The van der Waals surface area contributed by atoms with Gasteiger partial charge in [0.15, 0.2) is 12.6 Å². The Morgan fingerprint density at radius 1 is 0.900 bits per heavy atom. The molecule has 20 heavy (non-hydrogen) atoms. The van der Waals surface area contributed by atoms with Gasteiger partial charge in [-0.2, -0.15) is 0 Å². The maximum absolute atomic E-state index is 12.1. The first kappa shape index (κ1) is 18.8. The second kappa shape index (κ2) is 10.6. The number of rotatable bonds is 11. The number of nitrogens with two attached hydrogens (primary N) is 1. The Morgan fingerprint density at radius 3 is 1.60 bits per heavy atom. The number of carbonyl (C=O) groups excluding carboxylic acids is 2. The van der Waals surface area contributed by atoms with Crippen LogP contribution >= 0.6 is 0 Å². The number of methoxy groups -OCH3 is 4. The molecule has 0 bridgehead atoms. The van der Waals surface area contributed by atoms with Crippen molar-refractivity contribution in [3.63, 3.8) is 0 Å². The van der Waals surface area contributed by atoms with Crippen molar-refractivity contribution < 1.29 is 28.5 Å². The van der Waals surface area contributed by atoms with Gasteiger partial charge in [-0.05, 0) is 0 Å². The molecule has 8 heteroatoms. The van der Waals surface area contributed by atoms with Crippen LogP contribution in [0.1, 0.15) is 12.8 Å². The molecule has 0 aliphatic rings. The van der Waals surface area contributed by atoms with E-state index >= 15 is 0 Å². The van der Waals surface area contributed by atoms with E-state index in [1.807, 2.05) is 0 Å². The number of primary amides is 1. The van der Waals surface area contributed by atoms with Gasteiger partial charge in [0, 0.05) is 41.3 Å². The van der Waals surface area contributed by atoms with Gasteiger partial charge in [-0.25, -0.2) is 0 Å². The summed E-state index contributed by atoms with van der Waals surface area (Å²) in [6.07, 6.45) is -1.12. The summed E-state index contributed by atoms with van der Waals surface area (Å²) in [6, 6.07) is 0. The maximum Gasteiger partial charge on any atom is 0.223 e. The Morgan fingerprint density at radius 2 is 1.30 bits per heavy atom. The van der Waals surface area contributed by atoms with Crippen LogP contribution in [0.25, 0.3) is 0 Å². The summed E-state index contributed by atoms with van der Waals surface area (Å²) >= 11 is 0. The maximum atomic E-state index is 12.1. The lowest BCUT2D eigenvalue weighted by Crippen LogP contribution is -2.44. The van der Waals surface area contributed by atoms with Crippen molar-refractivity contribution in [2.75, 3.05) is 41.5 Å². The molecule has 0 saturated carbocycles. The van der Waals surface area contributed by atoms with Gasteiger partial charge in [0.2, 0.25) is 11.8 Å². The molecule has 2 N–H and O–H groups in total. The summed E-state index contributed by atoms with van der Waals surface area (Å²) in [4.78, 5) is 24.3. The SMILES string of the molecule is COC(CN(CC(OC)OC)C(=O)CCC(N)=O)OC. The third-order valence-electron chi connectivity index (χ3n) is 2.73. The van der Waals surface area contributed by atoms with E-state index in [1.54, 1.807) is 0 Å². The summed E-state index contributed by atoms with van der Waals surface area (Å²) in [7, 11) is 5.91. The molecule has 0 unspecified atom stereocenters. The van der Waals surface area contributed by atoms with Crippen molar-refractivity contribution in [1.29, 1.82) is 0 Å². The minimum atomic E-state index is -0.568. The zero-order valence-electron chi connectivity index (χ0n) is 12.5. The molecule has 0 saturated heterocycles. The average Bonchev–Trinajstić information content (AvgIpc) is 2.45. The molecule has 2 amide bonds. The first-order valence-corrected chi connectivity index (χ1v) is 6.15. The van der Waals surface area contributed by atoms with Crippen LogP contribution in [0.3, 0.4) is 0 Å². The predicted octanol–water partition coefficient (Wildman–Crippen LogP) is -0.682. The molecule has 0 aliphatic heterocycles. The highest BCUT2D eigenvalue weighted by Gasteiger charge is 2.22. The van der Waals surface area contributed by atoms with Gasteiger partial charge in [-0.1, -0.05) is 0 Å². The Labute approximate surface area is 119 Å². The molecule has 0 fully saturated rings. The van der Waals surface area contributed by atoms with E-state index in [2.05, 4.69) is 0 Å². The normalized spacial score (nSPS) is 11.1. The fourth-order valence-electron chi connectivity index (χ4n) is 1.52. The molecule has 0 aromatic heterocycles. The van der Waals surface area contributed by atoms with Crippen LogP contribution in [0.5, 0.6) is 0 Å². The average molecular weight is 292 g/mol. The number of amides is 2. The van der Waals surface area contributed by atoms with Gasteiger partial charge in [0.05, 0.1) is 13.1 Å². The molecular formula is C12H24N2O6. The van der Waals surface area contributed by atoms with Crippen molar-refractivity contribution in [2.24, 2.45) is 5.73 Å². The second-order valence-corrected chi connectivity index (χ2v) is 4.07. The van der Waals surface area contributed by atoms with E-state index in [1.165, 1.54) is 33.3 Å². The van der Waals surface area contributed by atoms with Crippen LogP contribution in [0, 0.1) is 0 Å². The van der Waals surface area contributed by atoms with E-state index in [0.29, 0.717) is 0 Å². The van der Waals surface area contributed by atoms with E-state index in [-0.39, 0.29) is 31.8 Å². The highest BCUT2D eigenvalue weighted by Crippen LogP contribution is 2.06. The quantitative estimate of drug-likeness (QED) is 0.506. The number of nitrogens with zero attached hydrogens (tertiary/aromatic N) is 1. The van der Waals surface area contributed by atoms with Crippen molar-refractivity contribution in [3.8, 4) is 0 Å². The minimum Gasteiger partial charge on any atom is -0.370 e.